The molecule has 3 rings (SSSR count). The number of nitrogens with one attached hydrogen (secondary N) is 1. The Hall–Kier alpha value is -2.03. The highest BCUT2D eigenvalue weighted by atomic mass is 19.1. The monoisotopic (exact) mass is 257 g/mol. The van der Waals surface area contributed by atoms with Gasteiger partial charge in [-0.1, -0.05) is 24.3 Å². The number of benzene rings is 2. The Kier molecular flexibility index (Phi) is 3.11. The number of anilines is 1. The van der Waals surface area contributed by atoms with Crippen molar-refractivity contribution in [1.29, 1.82) is 0 Å². The van der Waals surface area contributed by atoms with Crippen LogP contribution in [0.3, 0.4) is 0 Å². The van der Waals surface area contributed by atoms with Crippen molar-refractivity contribution >= 4 is 5.69 Å². The van der Waals surface area contributed by atoms with Gasteiger partial charge < -0.3 is 10.1 Å². The van der Waals surface area contributed by atoms with Crippen LogP contribution in [-0.4, -0.2) is 6.61 Å². The van der Waals surface area contributed by atoms with Crippen LogP contribution >= 0.6 is 0 Å². The van der Waals surface area contributed by atoms with Crippen LogP contribution in [0.25, 0.3) is 0 Å². The molecule has 0 amide bonds. The number of hydrogen-bond donors (Lipinski definition) is 1. The van der Waals surface area contributed by atoms with Crippen molar-refractivity contribution in [1.82, 2.24) is 0 Å². The summed E-state index contributed by atoms with van der Waals surface area (Å²) in [7, 11) is 0. The minimum atomic E-state index is -0.213. The van der Waals surface area contributed by atoms with Gasteiger partial charge in [0.25, 0.3) is 0 Å². The van der Waals surface area contributed by atoms with Crippen molar-refractivity contribution in [3.05, 3.63) is 59.4 Å². The highest BCUT2D eigenvalue weighted by Crippen LogP contribution is 2.34. The first-order valence-electron chi connectivity index (χ1n) is 6.48. The number of aryl methyl sites for hydroxylation is 1. The lowest BCUT2D eigenvalue weighted by Crippen LogP contribution is -2.20. The van der Waals surface area contributed by atoms with E-state index in [4.69, 9.17) is 4.74 Å². The first kappa shape index (κ1) is 12.0. The Morgan fingerprint density at radius 2 is 2.05 bits per heavy atom. The van der Waals surface area contributed by atoms with Gasteiger partial charge in [0.2, 0.25) is 0 Å². The van der Waals surface area contributed by atoms with E-state index >= 15 is 0 Å². The first-order valence-corrected chi connectivity index (χ1v) is 6.48. The molecule has 1 atom stereocenters. The van der Waals surface area contributed by atoms with Gasteiger partial charge in [-0.05, 0) is 30.7 Å². The topological polar surface area (TPSA) is 21.3 Å². The molecule has 0 aromatic heterocycles. The molecule has 0 aliphatic carbocycles. The minimum Gasteiger partial charge on any atom is -0.493 e. The second-order valence-electron chi connectivity index (χ2n) is 4.86. The standard InChI is InChI=1S/C16H16FNO/c1-11-6-7-13(17)15(10-11)18-14-8-9-19-16-5-3-2-4-12(14)16/h2-7,10,14,18H,8-9H2,1H3. The smallest absolute Gasteiger partial charge is 0.146 e. The number of fused-ring (bicyclic) bond motifs is 1. The predicted molar refractivity (Wildman–Crippen MR) is 74.1 cm³/mol. The lowest BCUT2D eigenvalue weighted by Gasteiger charge is -2.27. The van der Waals surface area contributed by atoms with Crippen LogP contribution in [0.4, 0.5) is 10.1 Å². The van der Waals surface area contributed by atoms with Crippen LogP contribution in [0.2, 0.25) is 0 Å². The van der Waals surface area contributed by atoms with Crippen molar-refractivity contribution < 1.29 is 9.13 Å². The summed E-state index contributed by atoms with van der Waals surface area (Å²) in [6, 6.07) is 13.1. The fourth-order valence-electron chi connectivity index (χ4n) is 2.43. The van der Waals surface area contributed by atoms with Gasteiger partial charge in [-0.3, -0.25) is 0 Å². The third-order valence-electron chi connectivity index (χ3n) is 3.41. The lowest BCUT2D eigenvalue weighted by atomic mass is 10.00. The molecule has 1 unspecified atom stereocenters. The zero-order chi connectivity index (χ0) is 13.2. The molecule has 1 aliphatic heterocycles. The lowest BCUT2D eigenvalue weighted by molar-refractivity contribution is 0.274. The molecule has 2 nitrogen and oxygen atoms in total. The maximum atomic E-state index is 13.8. The van der Waals surface area contributed by atoms with Gasteiger partial charge in [-0.2, -0.15) is 0 Å². The van der Waals surface area contributed by atoms with Gasteiger partial charge in [-0.25, -0.2) is 4.39 Å². The summed E-state index contributed by atoms with van der Waals surface area (Å²) in [5, 5.41) is 3.29. The van der Waals surface area contributed by atoms with Gasteiger partial charge in [0.05, 0.1) is 18.3 Å². The van der Waals surface area contributed by atoms with Crippen molar-refractivity contribution in [2.24, 2.45) is 0 Å². The minimum absolute atomic E-state index is 0.0984. The van der Waals surface area contributed by atoms with Crippen molar-refractivity contribution in [3.8, 4) is 5.75 Å². The van der Waals surface area contributed by atoms with E-state index in [0.29, 0.717) is 12.3 Å². The second-order valence-corrected chi connectivity index (χ2v) is 4.86. The Bertz CT molecular complexity index is 597. The average molecular weight is 257 g/mol. The van der Waals surface area contributed by atoms with Crippen molar-refractivity contribution in [2.75, 3.05) is 11.9 Å². The van der Waals surface area contributed by atoms with E-state index in [0.717, 1.165) is 23.3 Å². The highest BCUT2D eigenvalue weighted by Gasteiger charge is 2.21. The van der Waals surface area contributed by atoms with Gasteiger partial charge in [0.15, 0.2) is 0 Å². The third kappa shape index (κ3) is 2.41. The molecule has 0 saturated heterocycles. The fourth-order valence-corrected chi connectivity index (χ4v) is 2.43. The number of rotatable bonds is 2. The molecule has 0 radical (unpaired) electrons. The quantitative estimate of drug-likeness (QED) is 0.875. The van der Waals surface area contributed by atoms with E-state index in [1.165, 1.54) is 6.07 Å². The molecular formula is C16H16FNO. The van der Waals surface area contributed by atoms with Gasteiger partial charge in [-0.15, -0.1) is 0 Å². The zero-order valence-corrected chi connectivity index (χ0v) is 10.8. The van der Waals surface area contributed by atoms with E-state index in [9.17, 15) is 4.39 Å². The van der Waals surface area contributed by atoms with Crippen LogP contribution < -0.4 is 10.1 Å². The largest absolute Gasteiger partial charge is 0.493 e. The first-order chi connectivity index (χ1) is 9.24. The molecule has 1 N–H and O–H groups in total. The third-order valence-corrected chi connectivity index (χ3v) is 3.41. The van der Waals surface area contributed by atoms with Crippen molar-refractivity contribution in [3.63, 3.8) is 0 Å². The second kappa shape index (κ2) is 4.92. The summed E-state index contributed by atoms with van der Waals surface area (Å²) in [6.07, 6.45) is 0.838. The van der Waals surface area contributed by atoms with Crippen LogP contribution in [0.15, 0.2) is 42.5 Å². The number of ether oxygens (including phenoxy) is 1. The molecular weight excluding hydrogens is 241 g/mol. The molecule has 0 bridgehead atoms. The van der Waals surface area contributed by atoms with Gasteiger partial charge in [0.1, 0.15) is 11.6 Å². The van der Waals surface area contributed by atoms with E-state index < -0.39 is 0 Å². The van der Waals surface area contributed by atoms with Crippen LogP contribution in [0.1, 0.15) is 23.6 Å². The van der Waals surface area contributed by atoms with E-state index in [1.807, 2.05) is 37.3 Å². The molecule has 2 aromatic rings. The maximum Gasteiger partial charge on any atom is 0.146 e. The van der Waals surface area contributed by atoms with Crippen LogP contribution in [-0.2, 0) is 0 Å². The van der Waals surface area contributed by atoms with Gasteiger partial charge in [0, 0.05) is 12.0 Å². The Balaban J connectivity index is 1.90. The van der Waals surface area contributed by atoms with Crippen LogP contribution in [0, 0.1) is 12.7 Å². The number of para-hydroxylation sites is 1. The summed E-state index contributed by atoms with van der Waals surface area (Å²) in [5.74, 6) is 0.675. The zero-order valence-electron chi connectivity index (χ0n) is 10.8. The fraction of sp³-hybridized carbons (Fsp3) is 0.250. The van der Waals surface area contributed by atoms with Crippen LogP contribution in [0.5, 0.6) is 5.75 Å². The Morgan fingerprint density at radius 1 is 1.21 bits per heavy atom. The molecule has 3 heteroatoms. The van der Waals surface area contributed by atoms with Gasteiger partial charge >= 0.3 is 0 Å². The Morgan fingerprint density at radius 3 is 2.95 bits per heavy atom. The maximum absolute atomic E-state index is 13.8. The van der Waals surface area contributed by atoms with Crippen molar-refractivity contribution in [2.45, 2.75) is 19.4 Å². The SMILES string of the molecule is Cc1ccc(F)c(NC2CCOc3ccccc32)c1. The van der Waals surface area contributed by atoms with E-state index in [-0.39, 0.29) is 11.9 Å². The summed E-state index contributed by atoms with van der Waals surface area (Å²) in [5.41, 5.74) is 2.70. The molecule has 2 aromatic carbocycles. The molecule has 1 aliphatic rings. The number of hydrogen-bond acceptors (Lipinski definition) is 2. The summed E-state index contributed by atoms with van der Waals surface area (Å²) in [4.78, 5) is 0. The summed E-state index contributed by atoms with van der Waals surface area (Å²) < 4.78 is 19.4. The number of halogens is 1. The molecule has 0 spiro atoms. The molecule has 98 valence electrons. The van der Waals surface area contributed by atoms with E-state index in [1.54, 1.807) is 6.07 Å². The summed E-state index contributed by atoms with van der Waals surface area (Å²) in [6.45, 7) is 2.62. The Labute approximate surface area is 112 Å². The highest BCUT2D eigenvalue weighted by molar-refractivity contribution is 5.51. The molecule has 1 heterocycles. The predicted octanol–water partition coefficient (Wildman–Crippen LogP) is 4.07. The normalized spacial score (nSPS) is 17.5. The summed E-state index contributed by atoms with van der Waals surface area (Å²) >= 11 is 0. The molecule has 0 fully saturated rings. The average Bonchev–Trinajstić information content (AvgIpc) is 2.43. The molecule has 19 heavy (non-hydrogen) atoms. The van der Waals surface area contributed by atoms with E-state index in [2.05, 4.69) is 5.32 Å². The molecule has 0 saturated carbocycles.